The average Bonchev–Trinajstić information content (AvgIpc) is 3.26. The van der Waals surface area contributed by atoms with Crippen LogP contribution in [-0.4, -0.2) is 23.1 Å². The second kappa shape index (κ2) is 7.40. The van der Waals surface area contributed by atoms with E-state index in [1.54, 1.807) is 0 Å². The van der Waals surface area contributed by atoms with Crippen molar-refractivity contribution in [3.63, 3.8) is 0 Å². The van der Waals surface area contributed by atoms with E-state index in [4.69, 9.17) is 20.4 Å². The molecule has 2 aliphatic carbocycles. The van der Waals surface area contributed by atoms with Gasteiger partial charge in [0.15, 0.2) is 0 Å². The highest BCUT2D eigenvalue weighted by molar-refractivity contribution is 5.33. The van der Waals surface area contributed by atoms with Crippen molar-refractivity contribution in [2.75, 3.05) is 13.2 Å². The SMILES string of the molecule is CCc1nc(C2CC2)nc(OCCC2CCCC2)c1CCN. The zero-order valence-electron chi connectivity index (χ0n) is 13.8. The van der Waals surface area contributed by atoms with Crippen LogP contribution in [0.1, 0.15) is 74.9 Å². The molecule has 2 N–H and O–H groups in total. The van der Waals surface area contributed by atoms with Gasteiger partial charge in [0, 0.05) is 11.5 Å². The largest absolute Gasteiger partial charge is 0.477 e. The summed E-state index contributed by atoms with van der Waals surface area (Å²) in [4.78, 5) is 9.51. The van der Waals surface area contributed by atoms with Crippen molar-refractivity contribution in [2.24, 2.45) is 11.7 Å². The molecule has 1 aromatic rings. The summed E-state index contributed by atoms with van der Waals surface area (Å²) in [6.45, 7) is 3.56. The molecule has 22 heavy (non-hydrogen) atoms. The van der Waals surface area contributed by atoms with Crippen LogP contribution in [0.5, 0.6) is 5.88 Å². The molecule has 0 amide bonds. The number of nitrogens with two attached hydrogens (primary N) is 1. The molecule has 0 aliphatic heterocycles. The van der Waals surface area contributed by atoms with Gasteiger partial charge < -0.3 is 10.5 Å². The molecule has 1 aromatic heterocycles. The molecule has 0 spiro atoms. The zero-order chi connectivity index (χ0) is 15.4. The lowest BCUT2D eigenvalue weighted by molar-refractivity contribution is 0.265. The Bertz CT molecular complexity index is 493. The molecule has 4 nitrogen and oxygen atoms in total. The van der Waals surface area contributed by atoms with Gasteiger partial charge in [0.25, 0.3) is 0 Å². The highest BCUT2D eigenvalue weighted by Gasteiger charge is 2.28. The highest BCUT2D eigenvalue weighted by atomic mass is 16.5. The maximum absolute atomic E-state index is 6.11. The minimum absolute atomic E-state index is 0.564. The Kier molecular flexibility index (Phi) is 5.29. The number of hydrogen-bond donors (Lipinski definition) is 1. The normalized spacial score (nSPS) is 18.8. The minimum atomic E-state index is 0.564. The van der Waals surface area contributed by atoms with Gasteiger partial charge in [-0.25, -0.2) is 4.98 Å². The van der Waals surface area contributed by atoms with Gasteiger partial charge in [-0.3, -0.25) is 0 Å². The lowest BCUT2D eigenvalue weighted by Crippen LogP contribution is -2.14. The van der Waals surface area contributed by atoms with Crippen molar-refractivity contribution in [1.29, 1.82) is 0 Å². The summed E-state index contributed by atoms with van der Waals surface area (Å²) >= 11 is 0. The van der Waals surface area contributed by atoms with Crippen LogP contribution in [0.15, 0.2) is 0 Å². The molecule has 0 radical (unpaired) electrons. The lowest BCUT2D eigenvalue weighted by Gasteiger charge is -2.16. The summed E-state index contributed by atoms with van der Waals surface area (Å²) in [7, 11) is 0. The Morgan fingerprint density at radius 1 is 1.14 bits per heavy atom. The molecule has 2 saturated carbocycles. The van der Waals surface area contributed by atoms with E-state index in [1.807, 2.05) is 0 Å². The topological polar surface area (TPSA) is 61.0 Å². The van der Waals surface area contributed by atoms with Crippen LogP contribution >= 0.6 is 0 Å². The van der Waals surface area contributed by atoms with Crippen molar-refractivity contribution in [3.05, 3.63) is 17.1 Å². The molecule has 2 fully saturated rings. The summed E-state index contributed by atoms with van der Waals surface area (Å²) in [6.07, 6.45) is 10.9. The zero-order valence-corrected chi connectivity index (χ0v) is 13.8. The first-order valence-corrected chi connectivity index (χ1v) is 9.04. The first kappa shape index (κ1) is 15.7. The van der Waals surface area contributed by atoms with Crippen LogP contribution in [0.25, 0.3) is 0 Å². The quantitative estimate of drug-likeness (QED) is 0.800. The molecule has 122 valence electrons. The first-order chi connectivity index (χ1) is 10.8. The lowest BCUT2D eigenvalue weighted by atomic mass is 10.1. The fourth-order valence-electron chi connectivity index (χ4n) is 3.48. The monoisotopic (exact) mass is 303 g/mol. The number of aryl methyl sites for hydroxylation is 1. The van der Waals surface area contributed by atoms with Crippen LogP contribution in [0.4, 0.5) is 0 Å². The Labute approximate surface area is 133 Å². The van der Waals surface area contributed by atoms with Gasteiger partial charge in [-0.05, 0) is 44.6 Å². The maximum Gasteiger partial charge on any atom is 0.220 e. The summed E-state index contributed by atoms with van der Waals surface area (Å²) in [5, 5.41) is 0. The molecule has 0 bridgehead atoms. The third-order valence-electron chi connectivity index (χ3n) is 4.98. The van der Waals surface area contributed by atoms with Crippen LogP contribution < -0.4 is 10.5 Å². The molecular formula is C18H29N3O. The van der Waals surface area contributed by atoms with Gasteiger partial charge in [-0.1, -0.05) is 32.6 Å². The molecule has 0 atom stereocenters. The third kappa shape index (κ3) is 3.78. The second-order valence-electron chi connectivity index (χ2n) is 6.77. The Morgan fingerprint density at radius 2 is 1.91 bits per heavy atom. The van der Waals surface area contributed by atoms with E-state index in [0.717, 1.165) is 54.7 Å². The van der Waals surface area contributed by atoms with E-state index in [0.29, 0.717) is 12.5 Å². The van der Waals surface area contributed by atoms with Crippen molar-refractivity contribution in [2.45, 2.75) is 70.6 Å². The molecule has 0 aromatic carbocycles. The second-order valence-corrected chi connectivity index (χ2v) is 6.77. The van der Waals surface area contributed by atoms with Crippen LogP contribution in [0, 0.1) is 5.92 Å². The van der Waals surface area contributed by atoms with Gasteiger partial charge in [0.05, 0.1) is 12.3 Å². The molecule has 3 rings (SSSR count). The van der Waals surface area contributed by atoms with Crippen molar-refractivity contribution < 1.29 is 4.74 Å². The van der Waals surface area contributed by atoms with Crippen molar-refractivity contribution in [1.82, 2.24) is 9.97 Å². The number of hydrogen-bond acceptors (Lipinski definition) is 4. The summed E-state index contributed by atoms with van der Waals surface area (Å²) in [5.74, 6) is 3.23. The van der Waals surface area contributed by atoms with Gasteiger partial charge in [-0.15, -0.1) is 0 Å². The first-order valence-electron chi connectivity index (χ1n) is 9.04. The van der Waals surface area contributed by atoms with Gasteiger partial charge in [0.2, 0.25) is 5.88 Å². The summed E-state index contributed by atoms with van der Waals surface area (Å²) in [6, 6.07) is 0. The van der Waals surface area contributed by atoms with E-state index < -0.39 is 0 Å². The fourth-order valence-corrected chi connectivity index (χ4v) is 3.48. The van der Waals surface area contributed by atoms with E-state index in [9.17, 15) is 0 Å². The van der Waals surface area contributed by atoms with Crippen LogP contribution in [0.2, 0.25) is 0 Å². The smallest absolute Gasteiger partial charge is 0.220 e. The maximum atomic E-state index is 6.11. The molecular weight excluding hydrogens is 274 g/mol. The van der Waals surface area contributed by atoms with Crippen LogP contribution in [-0.2, 0) is 12.8 Å². The van der Waals surface area contributed by atoms with E-state index >= 15 is 0 Å². The number of ether oxygens (including phenoxy) is 1. The fraction of sp³-hybridized carbons (Fsp3) is 0.778. The van der Waals surface area contributed by atoms with Crippen LogP contribution in [0.3, 0.4) is 0 Å². The minimum Gasteiger partial charge on any atom is -0.477 e. The number of aromatic nitrogens is 2. The Balaban J connectivity index is 1.71. The molecule has 1 heterocycles. The standard InChI is InChI=1S/C18H29N3O/c1-2-16-15(9-11-19)18(21-17(20-16)14-7-8-14)22-12-10-13-5-3-4-6-13/h13-14H,2-12,19H2,1H3. The van der Waals surface area contributed by atoms with Gasteiger partial charge >= 0.3 is 0 Å². The van der Waals surface area contributed by atoms with Crippen molar-refractivity contribution in [3.8, 4) is 5.88 Å². The average molecular weight is 303 g/mol. The molecule has 0 saturated heterocycles. The van der Waals surface area contributed by atoms with Gasteiger partial charge in [0.1, 0.15) is 5.82 Å². The van der Waals surface area contributed by atoms with E-state index in [2.05, 4.69) is 6.92 Å². The van der Waals surface area contributed by atoms with Gasteiger partial charge in [-0.2, -0.15) is 4.98 Å². The molecule has 4 heteroatoms. The Morgan fingerprint density at radius 3 is 2.55 bits per heavy atom. The van der Waals surface area contributed by atoms with Crippen molar-refractivity contribution >= 4 is 0 Å². The number of rotatable bonds is 8. The molecule has 2 aliphatic rings. The predicted octanol–water partition coefficient (Wildman–Crippen LogP) is 3.38. The molecule has 0 unspecified atom stereocenters. The predicted molar refractivity (Wildman–Crippen MR) is 88.2 cm³/mol. The highest BCUT2D eigenvalue weighted by Crippen LogP contribution is 2.39. The third-order valence-corrected chi connectivity index (χ3v) is 4.98. The van der Waals surface area contributed by atoms with E-state index in [1.165, 1.54) is 38.5 Å². The Hall–Kier alpha value is -1.16. The van der Waals surface area contributed by atoms with E-state index in [-0.39, 0.29) is 0 Å². The summed E-state index contributed by atoms with van der Waals surface area (Å²) in [5.41, 5.74) is 8.06. The number of nitrogens with zero attached hydrogens (tertiary/aromatic N) is 2. The summed E-state index contributed by atoms with van der Waals surface area (Å²) < 4.78 is 6.11.